The Hall–Kier alpha value is -1.55. The molecular formula is C9H11NO3. The Labute approximate surface area is 75.6 Å². The Morgan fingerprint density at radius 3 is 2.62 bits per heavy atom. The van der Waals surface area contributed by atoms with Gasteiger partial charge in [0.1, 0.15) is 11.5 Å². The predicted octanol–water partition coefficient (Wildman–Crippen LogP) is 0.629. The number of hydrogen-bond donors (Lipinski definition) is 3. The summed E-state index contributed by atoms with van der Waals surface area (Å²) in [6.07, 6.45) is 0.193. The fourth-order valence-electron chi connectivity index (χ4n) is 1.02. The van der Waals surface area contributed by atoms with Gasteiger partial charge in [-0.3, -0.25) is 4.79 Å². The minimum Gasteiger partial charge on any atom is -0.508 e. The Morgan fingerprint density at radius 1 is 1.38 bits per heavy atom. The van der Waals surface area contributed by atoms with Gasteiger partial charge in [-0.15, -0.1) is 0 Å². The Morgan fingerprint density at radius 2 is 2.08 bits per heavy atom. The van der Waals surface area contributed by atoms with E-state index in [1.165, 1.54) is 12.1 Å². The van der Waals surface area contributed by atoms with Gasteiger partial charge in [-0.05, 0) is 18.7 Å². The number of carbonyl (C=O) groups is 1. The Kier molecular flexibility index (Phi) is 2.87. The molecule has 1 rings (SSSR count). The number of phenols is 2. The van der Waals surface area contributed by atoms with Crippen molar-refractivity contribution in [3.05, 3.63) is 23.8 Å². The molecule has 0 amide bonds. The molecule has 0 saturated carbocycles. The molecule has 0 fully saturated rings. The van der Waals surface area contributed by atoms with Gasteiger partial charge in [0, 0.05) is 12.5 Å². The molecule has 0 bridgehead atoms. The van der Waals surface area contributed by atoms with Crippen LogP contribution in [0.2, 0.25) is 0 Å². The molecule has 13 heavy (non-hydrogen) atoms. The number of Topliss-reactive ketones (excluding diaryl/α,β-unsaturated/α-hetero) is 1. The van der Waals surface area contributed by atoms with Gasteiger partial charge >= 0.3 is 0 Å². The van der Waals surface area contributed by atoms with Crippen molar-refractivity contribution < 1.29 is 15.0 Å². The summed E-state index contributed by atoms with van der Waals surface area (Å²) in [6, 6.07) is 3.86. The summed E-state index contributed by atoms with van der Waals surface area (Å²) in [4.78, 5) is 11.3. The highest BCUT2D eigenvalue weighted by molar-refractivity contribution is 5.98. The van der Waals surface area contributed by atoms with Crippen molar-refractivity contribution in [2.75, 3.05) is 6.54 Å². The highest BCUT2D eigenvalue weighted by Gasteiger charge is 2.09. The van der Waals surface area contributed by atoms with E-state index in [2.05, 4.69) is 0 Å². The average Bonchev–Trinajstić information content (AvgIpc) is 2.04. The van der Waals surface area contributed by atoms with Gasteiger partial charge in [0.15, 0.2) is 5.78 Å². The number of carbonyl (C=O) groups excluding carboxylic acids is 1. The standard InChI is InChI=1S/C9H11NO3/c10-4-3-8(12)7-2-1-6(11)5-9(7)13/h1-2,5,11,13H,3-4,10H2. The Balaban J connectivity index is 2.95. The lowest BCUT2D eigenvalue weighted by molar-refractivity contribution is 0.0983. The van der Waals surface area contributed by atoms with Crippen LogP contribution in [0.3, 0.4) is 0 Å². The van der Waals surface area contributed by atoms with Crippen molar-refractivity contribution in [3.8, 4) is 11.5 Å². The fraction of sp³-hybridized carbons (Fsp3) is 0.222. The smallest absolute Gasteiger partial charge is 0.167 e. The molecule has 0 aliphatic carbocycles. The van der Waals surface area contributed by atoms with Crippen LogP contribution >= 0.6 is 0 Å². The van der Waals surface area contributed by atoms with Crippen molar-refractivity contribution in [1.82, 2.24) is 0 Å². The van der Waals surface area contributed by atoms with Crippen LogP contribution in [0.25, 0.3) is 0 Å². The maximum atomic E-state index is 11.3. The maximum Gasteiger partial charge on any atom is 0.167 e. The number of nitrogens with two attached hydrogens (primary N) is 1. The molecule has 0 unspecified atom stereocenters. The van der Waals surface area contributed by atoms with Gasteiger partial charge in [0.05, 0.1) is 5.56 Å². The van der Waals surface area contributed by atoms with E-state index in [-0.39, 0.29) is 35.8 Å². The summed E-state index contributed by atoms with van der Waals surface area (Å²) in [5.41, 5.74) is 5.39. The molecular weight excluding hydrogens is 170 g/mol. The molecule has 0 aliphatic heterocycles. The molecule has 1 aromatic carbocycles. The van der Waals surface area contributed by atoms with E-state index in [9.17, 15) is 9.90 Å². The van der Waals surface area contributed by atoms with Crippen LogP contribution in [0, 0.1) is 0 Å². The van der Waals surface area contributed by atoms with Crippen molar-refractivity contribution >= 4 is 5.78 Å². The van der Waals surface area contributed by atoms with Gasteiger partial charge in [-0.1, -0.05) is 0 Å². The van der Waals surface area contributed by atoms with Crippen LogP contribution in [-0.4, -0.2) is 22.5 Å². The van der Waals surface area contributed by atoms with Crippen LogP contribution in [-0.2, 0) is 0 Å². The summed E-state index contributed by atoms with van der Waals surface area (Å²) in [6.45, 7) is 0.249. The number of benzene rings is 1. The molecule has 0 saturated heterocycles. The van der Waals surface area contributed by atoms with Crippen molar-refractivity contribution in [1.29, 1.82) is 0 Å². The van der Waals surface area contributed by atoms with Gasteiger partial charge in [0.2, 0.25) is 0 Å². The van der Waals surface area contributed by atoms with Crippen molar-refractivity contribution in [3.63, 3.8) is 0 Å². The third-order valence-corrected chi connectivity index (χ3v) is 1.65. The van der Waals surface area contributed by atoms with E-state index in [0.29, 0.717) is 0 Å². The molecule has 4 N–H and O–H groups in total. The SMILES string of the molecule is NCCC(=O)c1ccc(O)cc1O. The highest BCUT2D eigenvalue weighted by atomic mass is 16.3. The van der Waals surface area contributed by atoms with E-state index in [1.54, 1.807) is 0 Å². The largest absolute Gasteiger partial charge is 0.508 e. The lowest BCUT2D eigenvalue weighted by Crippen LogP contribution is -2.08. The summed E-state index contributed by atoms with van der Waals surface area (Å²) in [5, 5.41) is 18.2. The van der Waals surface area contributed by atoms with E-state index < -0.39 is 0 Å². The van der Waals surface area contributed by atoms with Crippen molar-refractivity contribution in [2.24, 2.45) is 5.73 Å². The first-order valence-electron chi connectivity index (χ1n) is 3.90. The van der Waals surface area contributed by atoms with Gasteiger partial charge in [-0.25, -0.2) is 0 Å². The molecule has 4 heteroatoms. The minimum atomic E-state index is -0.222. The van der Waals surface area contributed by atoms with Crippen LogP contribution in [0.4, 0.5) is 0 Å². The minimum absolute atomic E-state index is 0.0678. The molecule has 1 aromatic rings. The monoisotopic (exact) mass is 181 g/mol. The zero-order valence-corrected chi connectivity index (χ0v) is 7.03. The lowest BCUT2D eigenvalue weighted by atomic mass is 10.1. The molecule has 0 aliphatic rings. The first-order valence-corrected chi connectivity index (χ1v) is 3.90. The molecule has 70 valence electrons. The second kappa shape index (κ2) is 3.91. The van der Waals surface area contributed by atoms with Crippen molar-refractivity contribution in [2.45, 2.75) is 6.42 Å². The second-order valence-corrected chi connectivity index (χ2v) is 2.66. The first kappa shape index (κ1) is 9.54. The summed E-state index contributed by atoms with van der Waals surface area (Å²) < 4.78 is 0. The quantitative estimate of drug-likeness (QED) is 0.597. The average molecular weight is 181 g/mol. The molecule has 0 atom stereocenters. The number of hydrogen-bond acceptors (Lipinski definition) is 4. The topological polar surface area (TPSA) is 83.6 Å². The van der Waals surface area contributed by atoms with Crippen LogP contribution < -0.4 is 5.73 Å². The predicted molar refractivity (Wildman–Crippen MR) is 47.8 cm³/mol. The Bertz CT molecular complexity index is 323. The maximum absolute atomic E-state index is 11.3. The molecule has 0 radical (unpaired) electrons. The molecule has 0 aromatic heterocycles. The fourth-order valence-corrected chi connectivity index (χ4v) is 1.02. The van der Waals surface area contributed by atoms with Crippen LogP contribution in [0.1, 0.15) is 16.8 Å². The summed E-state index contributed by atoms with van der Waals surface area (Å²) in [5.74, 6) is -0.500. The van der Waals surface area contributed by atoms with Gasteiger partial charge < -0.3 is 15.9 Å². The normalized spacial score (nSPS) is 9.92. The second-order valence-electron chi connectivity index (χ2n) is 2.66. The molecule has 0 heterocycles. The van der Waals surface area contributed by atoms with E-state index in [0.717, 1.165) is 6.07 Å². The summed E-state index contributed by atoms with van der Waals surface area (Å²) in [7, 11) is 0. The van der Waals surface area contributed by atoms with Crippen LogP contribution in [0.5, 0.6) is 11.5 Å². The molecule has 0 spiro atoms. The third-order valence-electron chi connectivity index (χ3n) is 1.65. The van der Waals surface area contributed by atoms with E-state index in [1.807, 2.05) is 0 Å². The van der Waals surface area contributed by atoms with Crippen LogP contribution in [0.15, 0.2) is 18.2 Å². The van der Waals surface area contributed by atoms with Gasteiger partial charge in [-0.2, -0.15) is 0 Å². The van der Waals surface area contributed by atoms with Gasteiger partial charge in [0.25, 0.3) is 0 Å². The zero-order valence-electron chi connectivity index (χ0n) is 7.03. The first-order chi connectivity index (χ1) is 6.15. The highest BCUT2D eigenvalue weighted by Crippen LogP contribution is 2.23. The number of rotatable bonds is 3. The number of aromatic hydroxyl groups is 2. The zero-order chi connectivity index (χ0) is 9.84. The molecule has 4 nitrogen and oxygen atoms in total. The number of phenolic OH excluding ortho intramolecular Hbond substituents is 2. The summed E-state index contributed by atoms with van der Waals surface area (Å²) >= 11 is 0. The number of ketones is 1. The van der Waals surface area contributed by atoms with E-state index in [4.69, 9.17) is 10.8 Å². The lowest BCUT2D eigenvalue weighted by Gasteiger charge is -2.02. The van der Waals surface area contributed by atoms with E-state index >= 15 is 0 Å². The third kappa shape index (κ3) is 2.19.